The molecule has 3 N–H and O–H groups in total. The predicted octanol–water partition coefficient (Wildman–Crippen LogP) is 4.90. The van der Waals surface area contributed by atoms with Gasteiger partial charge in [-0.3, -0.25) is 11.3 Å². The van der Waals surface area contributed by atoms with Crippen molar-refractivity contribution in [2.45, 2.75) is 84.1 Å². The molecular formula is C19H34N2. The van der Waals surface area contributed by atoms with Gasteiger partial charge in [-0.15, -0.1) is 0 Å². The molecule has 0 saturated carbocycles. The number of hydrogen-bond donors (Lipinski definition) is 2. The minimum atomic E-state index is 0.459. The zero-order chi connectivity index (χ0) is 15.3. The van der Waals surface area contributed by atoms with E-state index in [4.69, 9.17) is 5.84 Å². The normalized spacial score (nSPS) is 12.5. The van der Waals surface area contributed by atoms with E-state index in [1.54, 1.807) is 0 Å². The Morgan fingerprint density at radius 3 is 2.29 bits per heavy atom. The zero-order valence-corrected chi connectivity index (χ0v) is 14.0. The lowest BCUT2D eigenvalue weighted by Gasteiger charge is -2.16. The van der Waals surface area contributed by atoms with Crippen molar-refractivity contribution in [2.24, 2.45) is 5.84 Å². The molecule has 1 unspecified atom stereocenters. The van der Waals surface area contributed by atoms with Crippen LogP contribution in [0.5, 0.6) is 0 Å². The van der Waals surface area contributed by atoms with Crippen LogP contribution in [0.2, 0.25) is 0 Å². The number of unbranched alkanes of at least 4 members (excludes halogenated alkanes) is 6. The van der Waals surface area contributed by atoms with Crippen LogP contribution in [-0.2, 0) is 6.42 Å². The smallest absolute Gasteiger partial charge is 0.0213 e. The summed E-state index contributed by atoms with van der Waals surface area (Å²) in [5, 5.41) is 0. The standard InChI is InChI=1S/C19H34N2/c1-3-4-5-6-7-8-9-14-19(21-20)16-15-18-13-11-10-12-17(18)2/h10-13,19,21H,3-9,14-16,20H2,1-2H3. The second-order valence-corrected chi connectivity index (χ2v) is 6.24. The minimum Gasteiger partial charge on any atom is -0.271 e. The Morgan fingerprint density at radius 2 is 1.62 bits per heavy atom. The fourth-order valence-corrected chi connectivity index (χ4v) is 2.88. The van der Waals surface area contributed by atoms with Crippen LogP contribution in [0.4, 0.5) is 0 Å². The highest BCUT2D eigenvalue weighted by atomic mass is 15.2. The third-order valence-electron chi connectivity index (χ3n) is 4.42. The molecule has 120 valence electrons. The van der Waals surface area contributed by atoms with E-state index in [-0.39, 0.29) is 0 Å². The molecule has 1 rings (SSSR count). The molecule has 2 heteroatoms. The molecule has 1 aromatic rings. The Balaban J connectivity index is 2.13. The van der Waals surface area contributed by atoms with Crippen LogP contribution < -0.4 is 11.3 Å². The van der Waals surface area contributed by atoms with E-state index in [2.05, 4.69) is 43.5 Å². The lowest BCUT2D eigenvalue weighted by molar-refractivity contribution is 0.437. The second-order valence-electron chi connectivity index (χ2n) is 6.24. The van der Waals surface area contributed by atoms with Crippen molar-refractivity contribution in [3.63, 3.8) is 0 Å². The van der Waals surface area contributed by atoms with Crippen molar-refractivity contribution in [1.82, 2.24) is 5.43 Å². The largest absolute Gasteiger partial charge is 0.271 e. The van der Waals surface area contributed by atoms with Gasteiger partial charge in [0.2, 0.25) is 0 Å². The van der Waals surface area contributed by atoms with Gasteiger partial charge in [0.1, 0.15) is 0 Å². The summed E-state index contributed by atoms with van der Waals surface area (Å²) >= 11 is 0. The van der Waals surface area contributed by atoms with Crippen LogP contribution >= 0.6 is 0 Å². The number of nitrogens with two attached hydrogens (primary N) is 1. The Labute approximate surface area is 131 Å². The lowest BCUT2D eigenvalue weighted by Crippen LogP contribution is -2.35. The summed E-state index contributed by atoms with van der Waals surface area (Å²) in [7, 11) is 0. The Kier molecular flexibility index (Phi) is 10.2. The van der Waals surface area contributed by atoms with Crippen LogP contribution in [0, 0.1) is 6.92 Å². The molecule has 0 amide bonds. The molecule has 0 aliphatic heterocycles. The van der Waals surface area contributed by atoms with Gasteiger partial charge in [0.25, 0.3) is 0 Å². The van der Waals surface area contributed by atoms with Gasteiger partial charge >= 0.3 is 0 Å². The van der Waals surface area contributed by atoms with Gasteiger partial charge < -0.3 is 0 Å². The van der Waals surface area contributed by atoms with E-state index < -0.39 is 0 Å². The van der Waals surface area contributed by atoms with Crippen LogP contribution in [0.25, 0.3) is 0 Å². The molecule has 0 spiro atoms. The Morgan fingerprint density at radius 1 is 0.952 bits per heavy atom. The number of rotatable bonds is 12. The first-order valence-corrected chi connectivity index (χ1v) is 8.78. The van der Waals surface area contributed by atoms with Crippen molar-refractivity contribution in [1.29, 1.82) is 0 Å². The summed E-state index contributed by atoms with van der Waals surface area (Å²) in [4.78, 5) is 0. The molecule has 1 aromatic carbocycles. The molecule has 2 nitrogen and oxygen atoms in total. The summed E-state index contributed by atoms with van der Waals surface area (Å²) in [5.41, 5.74) is 5.85. The van der Waals surface area contributed by atoms with Gasteiger partial charge in [-0.25, -0.2) is 0 Å². The van der Waals surface area contributed by atoms with E-state index in [0.29, 0.717) is 6.04 Å². The highest BCUT2D eigenvalue weighted by molar-refractivity contribution is 5.25. The van der Waals surface area contributed by atoms with Gasteiger partial charge in [0.05, 0.1) is 0 Å². The minimum absolute atomic E-state index is 0.459. The average Bonchev–Trinajstić information content (AvgIpc) is 2.51. The first-order chi connectivity index (χ1) is 10.3. The molecule has 0 aliphatic rings. The maximum atomic E-state index is 5.71. The van der Waals surface area contributed by atoms with Gasteiger partial charge in [0, 0.05) is 6.04 Å². The SMILES string of the molecule is CCCCCCCCCC(CCc1ccccc1C)NN. The van der Waals surface area contributed by atoms with E-state index in [1.807, 2.05) is 0 Å². The van der Waals surface area contributed by atoms with Crippen molar-refractivity contribution < 1.29 is 0 Å². The number of hydrogen-bond acceptors (Lipinski definition) is 2. The van der Waals surface area contributed by atoms with Gasteiger partial charge in [-0.2, -0.15) is 0 Å². The molecular weight excluding hydrogens is 256 g/mol. The predicted molar refractivity (Wildman–Crippen MR) is 93.2 cm³/mol. The first kappa shape index (κ1) is 18.2. The van der Waals surface area contributed by atoms with E-state index in [0.717, 1.165) is 12.8 Å². The highest BCUT2D eigenvalue weighted by Crippen LogP contribution is 2.14. The van der Waals surface area contributed by atoms with Crippen molar-refractivity contribution in [2.75, 3.05) is 0 Å². The zero-order valence-electron chi connectivity index (χ0n) is 14.0. The fourth-order valence-electron chi connectivity index (χ4n) is 2.88. The fraction of sp³-hybridized carbons (Fsp3) is 0.684. The summed E-state index contributed by atoms with van der Waals surface area (Å²) in [6.07, 6.45) is 13.0. The molecule has 21 heavy (non-hydrogen) atoms. The van der Waals surface area contributed by atoms with Crippen molar-refractivity contribution in [3.8, 4) is 0 Å². The highest BCUT2D eigenvalue weighted by Gasteiger charge is 2.07. The van der Waals surface area contributed by atoms with Crippen LogP contribution in [0.3, 0.4) is 0 Å². The maximum Gasteiger partial charge on any atom is 0.0213 e. The van der Waals surface area contributed by atoms with Gasteiger partial charge in [-0.1, -0.05) is 76.1 Å². The molecule has 0 bridgehead atoms. The Hall–Kier alpha value is -0.860. The lowest BCUT2D eigenvalue weighted by atomic mass is 9.98. The van der Waals surface area contributed by atoms with E-state index in [9.17, 15) is 0 Å². The van der Waals surface area contributed by atoms with Crippen LogP contribution in [0.1, 0.15) is 75.8 Å². The molecule has 0 fully saturated rings. The molecule has 0 aromatic heterocycles. The monoisotopic (exact) mass is 290 g/mol. The maximum absolute atomic E-state index is 5.71. The summed E-state index contributed by atoms with van der Waals surface area (Å²) in [6, 6.07) is 9.12. The third-order valence-corrected chi connectivity index (χ3v) is 4.42. The second kappa shape index (κ2) is 11.8. The van der Waals surface area contributed by atoms with Crippen LogP contribution in [-0.4, -0.2) is 6.04 Å². The topological polar surface area (TPSA) is 38.0 Å². The molecule has 1 atom stereocenters. The van der Waals surface area contributed by atoms with Crippen molar-refractivity contribution in [3.05, 3.63) is 35.4 Å². The van der Waals surface area contributed by atoms with E-state index in [1.165, 1.54) is 62.5 Å². The van der Waals surface area contributed by atoms with Gasteiger partial charge in [0.15, 0.2) is 0 Å². The number of nitrogens with one attached hydrogen (secondary N) is 1. The van der Waals surface area contributed by atoms with Crippen molar-refractivity contribution >= 4 is 0 Å². The number of aryl methyl sites for hydroxylation is 2. The summed E-state index contributed by atoms with van der Waals surface area (Å²) < 4.78 is 0. The van der Waals surface area contributed by atoms with E-state index >= 15 is 0 Å². The number of hydrazine groups is 1. The summed E-state index contributed by atoms with van der Waals surface area (Å²) in [6.45, 7) is 4.46. The number of benzene rings is 1. The van der Waals surface area contributed by atoms with Crippen LogP contribution in [0.15, 0.2) is 24.3 Å². The quantitative estimate of drug-likeness (QED) is 0.326. The average molecular weight is 290 g/mol. The molecule has 0 radical (unpaired) electrons. The van der Waals surface area contributed by atoms with Gasteiger partial charge in [-0.05, 0) is 37.3 Å². The third kappa shape index (κ3) is 8.23. The first-order valence-electron chi connectivity index (χ1n) is 8.78. The molecule has 0 saturated heterocycles. The molecule has 0 aliphatic carbocycles. The summed E-state index contributed by atoms with van der Waals surface area (Å²) in [5.74, 6) is 5.71. The molecule has 0 heterocycles. The Bertz CT molecular complexity index is 362.